The van der Waals surface area contributed by atoms with Crippen LogP contribution >= 0.6 is 0 Å². The van der Waals surface area contributed by atoms with Gasteiger partial charge >= 0.3 is 0 Å². The number of carbonyl (C=O) groups excluding carboxylic acids is 1. The second-order valence-electron chi connectivity index (χ2n) is 6.86. The molecule has 0 bridgehead atoms. The van der Waals surface area contributed by atoms with Crippen LogP contribution in [0.1, 0.15) is 22.7 Å². The van der Waals surface area contributed by atoms with Crippen molar-refractivity contribution in [3.8, 4) is 17.2 Å². The molecule has 0 aromatic heterocycles. The van der Waals surface area contributed by atoms with E-state index in [0.29, 0.717) is 17.9 Å². The predicted molar refractivity (Wildman–Crippen MR) is 112 cm³/mol. The van der Waals surface area contributed by atoms with E-state index in [4.69, 9.17) is 14.2 Å². The molecule has 0 N–H and O–H groups in total. The number of fused-ring (bicyclic) bond motifs is 1. The Hall–Kier alpha value is -3.47. The van der Waals surface area contributed by atoms with E-state index in [1.54, 1.807) is 21.3 Å². The highest BCUT2D eigenvalue weighted by Crippen LogP contribution is 2.43. The summed E-state index contributed by atoms with van der Waals surface area (Å²) in [5.74, 6) is 2.08. The number of hydrogen-bond donors (Lipinski definition) is 0. The van der Waals surface area contributed by atoms with Gasteiger partial charge in [0.15, 0.2) is 11.5 Å². The maximum Gasteiger partial charge on any atom is 0.232 e. The second-order valence-corrected chi connectivity index (χ2v) is 6.86. The van der Waals surface area contributed by atoms with Gasteiger partial charge in [0, 0.05) is 5.69 Å². The van der Waals surface area contributed by atoms with Crippen LogP contribution in [-0.2, 0) is 11.2 Å². The summed E-state index contributed by atoms with van der Waals surface area (Å²) < 4.78 is 16.3. The van der Waals surface area contributed by atoms with E-state index in [1.165, 1.54) is 0 Å². The SMILES string of the molecule is COc1ccc([C@@H]2c3cc(OC)c(OC)cc3CC(=O)N2c2ccccc2)cc1. The Morgan fingerprint density at radius 3 is 2.10 bits per heavy atom. The summed E-state index contributed by atoms with van der Waals surface area (Å²) in [4.78, 5) is 15.1. The first-order valence-corrected chi connectivity index (χ1v) is 9.42. The molecule has 1 atom stereocenters. The molecule has 5 nitrogen and oxygen atoms in total. The van der Waals surface area contributed by atoms with E-state index in [0.717, 1.165) is 28.1 Å². The molecule has 1 aliphatic rings. The summed E-state index contributed by atoms with van der Waals surface area (Å²) in [5, 5.41) is 0. The Kier molecular flexibility index (Phi) is 5.12. The molecule has 0 saturated heterocycles. The van der Waals surface area contributed by atoms with Gasteiger partial charge in [-0.2, -0.15) is 0 Å². The Morgan fingerprint density at radius 2 is 1.48 bits per heavy atom. The van der Waals surface area contributed by atoms with Gasteiger partial charge in [-0.1, -0.05) is 30.3 Å². The largest absolute Gasteiger partial charge is 0.497 e. The van der Waals surface area contributed by atoms with Gasteiger partial charge in [0.05, 0.1) is 33.8 Å². The molecule has 5 heteroatoms. The quantitative estimate of drug-likeness (QED) is 0.649. The minimum absolute atomic E-state index is 0.0386. The Morgan fingerprint density at radius 1 is 0.828 bits per heavy atom. The van der Waals surface area contributed by atoms with Crippen molar-refractivity contribution in [3.05, 3.63) is 83.4 Å². The number of rotatable bonds is 5. The predicted octanol–water partition coefficient (Wildman–Crippen LogP) is 4.39. The Labute approximate surface area is 170 Å². The minimum Gasteiger partial charge on any atom is -0.497 e. The molecule has 29 heavy (non-hydrogen) atoms. The first kappa shape index (κ1) is 18.9. The molecular formula is C24H23NO4. The lowest BCUT2D eigenvalue weighted by Gasteiger charge is -2.38. The van der Waals surface area contributed by atoms with E-state index in [1.807, 2.05) is 71.6 Å². The van der Waals surface area contributed by atoms with Crippen molar-refractivity contribution >= 4 is 11.6 Å². The monoisotopic (exact) mass is 389 g/mol. The molecule has 3 aromatic carbocycles. The maximum absolute atomic E-state index is 13.2. The van der Waals surface area contributed by atoms with Gasteiger partial charge < -0.3 is 19.1 Å². The summed E-state index contributed by atoms with van der Waals surface area (Å²) in [6.07, 6.45) is 0.303. The lowest BCUT2D eigenvalue weighted by molar-refractivity contribution is -0.118. The van der Waals surface area contributed by atoms with Crippen LogP contribution in [-0.4, -0.2) is 27.2 Å². The Bertz CT molecular complexity index is 1020. The molecular weight excluding hydrogens is 366 g/mol. The third-order valence-corrected chi connectivity index (χ3v) is 5.27. The molecule has 1 amide bonds. The minimum atomic E-state index is -0.278. The van der Waals surface area contributed by atoms with Crippen LogP contribution in [0.15, 0.2) is 66.7 Å². The van der Waals surface area contributed by atoms with Crippen LogP contribution in [0, 0.1) is 0 Å². The molecule has 0 spiro atoms. The number of nitrogens with zero attached hydrogens (tertiary/aromatic N) is 1. The van der Waals surface area contributed by atoms with Crippen LogP contribution in [0.3, 0.4) is 0 Å². The van der Waals surface area contributed by atoms with Crippen molar-refractivity contribution in [2.75, 3.05) is 26.2 Å². The van der Waals surface area contributed by atoms with Crippen molar-refractivity contribution < 1.29 is 19.0 Å². The van der Waals surface area contributed by atoms with Gasteiger partial charge in [0.1, 0.15) is 5.75 Å². The average Bonchev–Trinajstić information content (AvgIpc) is 2.78. The molecule has 148 valence electrons. The molecule has 1 heterocycles. The van der Waals surface area contributed by atoms with Gasteiger partial charge in [0.2, 0.25) is 5.91 Å². The van der Waals surface area contributed by atoms with Crippen LogP contribution < -0.4 is 19.1 Å². The highest BCUT2D eigenvalue weighted by Gasteiger charge is 2.35. The lowest BCUT2D eigenvalue weighted by atomic mass is 9.86. The molecule has 0 unspecified atom stereocenters. The number of methoxy groups -OCH3 is 3. The smallest absolute Gasteiger partial charge is 0.232 e. The maximum atomic E-state index is 13.2. The van der Waals surface area contributed by atoms with E-state index < -0.39 is 0 Å². The zero-order valence-electron chi connectivity index (χ0n) is 16.7. The average molecular weight is 389 g/mol. The summed E-state index contributed by atoms with van der Waals surface area (Å²) in [7, 11) is 4.86. The summed E-state index contributed by atoms with van der Waals surface area (Å²) in [6.45, 7) is 0. The fourth-order valence-electron chi connectivity index (χ4n) is 3.87. The first-order chi connectivity index (χ1) is 14.2. The fraction of sp³-hybridized carbons (Fsp3) is 0.208. The molecule has 0 radical (unpaired) electrons. The van der Waals surface area contributed by atoms with Crippen LogP contribution in [0.4, 0.5) is 5.69 Å². The third-order valence-electron chi connectivity index (χ3n) is 5.27. The third kappa shape index (κ3) is 3.40. The standard InChI is InChI=1S/C24H23NO4/c1-27-19-11-9-16(10-12-19)24-20-15-22(29-3)21(28-2)13-17(20)14-23(26)25(24)18-7-5-4-6-8-18/h4-13,15,24H,14H2,1-3H3/t24-/m1/s1. The van der Waals surface area contributed by atoms with Gasteiger partial charge in [-0.15, -0.1) is 0 Å². The van der Waals surface area contributed by atoms with Gasteiger partial charge in [0.25, 0.3) is 0 Å². The molecule has 4 rings (SSSR count). The van der Waals surface area contributed by atoms with Gasteiger partial charge in [-0.05, 0) is 53.1 Å². The van der Waals surface area contributed by atoms with Crippen molar-refractivity contribution in [1.29, 1.82) is 0 Å². The van der Waals surface area contributed by atoms with Crippen molar-refractivity contribution in [2.24, 2.45) is 0 Å². The number of amides is 1. The molecule has 0 fully saturated rings. The second kappa shape index (κ2) is 7.87. The number of hydrogen-bond acceptors (Lipinski definition) is 4. The highest BCUT2D eigenvalue weighted by atomic mass is 16.5. The van der Waals surface area contributed by atoms with Gasteiger partial charge in [-0.25, -0.2) is 0 Å². The normalized spacial score (nSPS) is 15.6. The number of para-hydroxylation sites is 1. The number of anilines is 1. The van der Waals surface area contributed by atoms with Crippen molar-refractivity contribution in [3.63, 3.8) is 0 Å². The van der Waals surface area contributed by atoms with E-state index in [-0.39, 0.29) is 11.9 Å². The van der Waals surface area contributed by atoms with E-state index >= 15 is 0 Å². The zero-order chi connectivity index (χ0) is 20.4. The molecule has 1 aliphatic heterocycles. The van der Waals surface area contributed by atoms with Crippen LogP contribution in [0.25, 0.3) is 0 Å². The van der Waals surface area contributed by atoms with Crippen molar-refractivity contribution in [1.82, 2.24) is 0 Å². The van der Waals surface area contributed by atoms with Crippen LogP contribution in [0.2, 0.25) is 0 Å². The molecule has 0 aliphatic carbocycles. The summed E-state index contributed by atoms with van der Waals surface area (Å²) in [5.41, 5.74) is 3.83. The number of carbonyl (C=O) groups is 1. The summed E-state index contributed by atoms with van der Waals surface area (Å²) >= 11 is 0. The molecule has 3 aromatic rings. The number of benzene rings is 3. The highest BCUT2D eigenvalue weighted by molar-refractivity contribution is 5.98. The lowest BCUT2D eigenvalue weighted by Crippen LogP contribution is -2.41. The van der Waals surface area contributed by atoms with Crippen LogP contribution in [0.5, 0.6) is 17.2 Å². The zero-order valence-corrected chi connectivity index (χ0v) is 16.7. The van der Waals surface area contributed by atoms with Gasteiger partial charge in [-0.3, -0.25) is 4.79 Å². The molecule has 0 saturated carbocycles. The fourth-order valence-corrected chi connectivity index (χ4v) is 3.87. The number of ether oxygens (including phenoxy) is 3. The summed E-state index contributed by atoms with van der Waals surface area (Å²) in [6, 6.07) is 21.2. The van der Waals surface area contributed by atoms with E-state index in [9.17, 15) is 4.79 Å². The topological polar surface area (TPSA) is 48.0 Å². The van der Waals surface area contributed by atoms with E-state index in [2.05, 4.69) is 0 Å². The van der Waals surface area contributed by atoms with Crippen molar-refractivity contribution in [2.45, 2.75) is 12.5 Å². The first-order valence-electron chi connectivity index (χ1n) is 9.42. The Balaban J connectivity index is 1.92.